The monoisotopic (exact) mass is 317 g/mol. The van der Waals surface area contributed by atoms with Crippen molar-refractivity contribution in [3.05, 3.63) is 64.5 Å². The van der Waals surface area contributed by atoms with E-state index in [1.165, 1.54) is 34.5 Å². The van der Waals surface area contributed by atoms with Crippen molar-refractivity contribution in [2.75, 3.05) is 11.1 Å². The summed E-state index contributed by atoms with van der Waals surface area (Å²) >= 11 is 1.53. The van der Waals surface area contributed by atoms with Gasteiger partial charge in [-0.15, -0.1) is 11.8 Å². The van der Waals surface area contributed by atoms with E-state index in [2.05, 4.69) is 37.4 Å². The van der Waals surface area contributed by atoms with Gasteiger partial charge >= 0.3 is 0 Å². The number of anilines is 1. The minimum absolute atomic E-state index is 0.183. The van der Waals surface area contributed by atoms with Gasteiger partial charge in [0.2, 0.25) is 5.91 Å². The summed E-state index contributed by atoms with van der Waals surface area (Å²) in [6, 6.07) is 11.2. The lowest BCUT2D eigenvalue weighted by Gasteiger charge is -2.08. The number of carbonyl (C=O) groups is 1. The zero-order valence-corrected chi connectivity index (χ0v) is 13.9. The van der Waals surface area contributed by atoms with Gasteiger partial charge in [0.05, 0.1) is 11.4 Å². The van der Waals surface area contributed by atoms with Gasteiger partial charge in [-0.1, -0.05) is 35.4 Å². The third-order valence-electron chi connectivity index (χ3n) is 3.18. The summed E-state index contributed by atoms with van der Waals surface area (Å²) in [5, 5.41) is 2.61. The Bertz CT molecular complexity index is 665. The molecule has 22 heavy (non-hydrogen) atoms. The molecule has 0 atom stereocenters. The van der Waals surface area contributed by atoms with E-state index in [0.29, 0.717) is 5.75 Å². The molecule has 0 saturated heterocycles. The van der Waals surface area contributed by atoms with Crippen LogP contribution < -0.4 is 5.32 Å². The molecule has 0 radical (unpaired) electrons. The third-order valence-corrected chi connectivity index (χ3v) is 4.19. The molecule has 0 aliphatic rings. The number of carbonyl (C=O) groups excluding carboxylic acids is 1. The molecule has 0 fully saturated rings. The van der Waals surface area contributed by atoms with E-state index in [1.807, 2.05) is 6.92 Å². The number of hydrogen-bond donors (Lipinski definition) is 1. The standard InChI is InChI=1S/C18H20FNOS/c1-12-4-5-17(16(19)9-12)20-18(21)11-22-10-15-7-13(2)6-14(3)8-15/h4-9H,10-11H2,1-3H3,(H,20,21). The van der Waals surface area contributed by atoms with Crippen molar-refractivity contribution < 1.29 is 9.18 Å². The molecule has 0 unspecified atom stereocenters. The summed E-state index contributed by atoms with van der Waals surface area (Å²) < 4.78 is 13.7. The predicted molar refractivity (Wildman–Crippen MR) is 91.8 cm³/mol. The second-order valence-corrected chi connectivity index (χ2v) is 6.51. The summed E-state index contributed by atoms with van der Waals surface area (Å²) in [5.41, 5.74) is 4.72. The van der Waals surface area contributed by atoms with Crippen molar-refractivity contribution in [1.82, 2.24) is 0 Å². The molecule has 2 aromatic rings. The third kappa shape index (κ3) is 4.88. The van der Waals surface area contributed by atoms with E-state index >= 15 is 0 Å². The van der Waals surface area contributed by atoms with Gasteiger partial charge in [0.25, 0.3) is 0 Å². The largest absolute Gasteiger partial charge is 0.323 e. The summed E-state index contributed by atoms with van der Waals surface area (Å²) in [4.78, 5) is 11.9. The number of aryl methyl sites for hydroxylation is 3. The Balaban J connectivity index is 1.85. The van der Waals surface area contributed by atoms with Crippen molar-refractivity contribution in [2.45, 2.75) is 26.5 Å². The fourth-order valence-corrected chi connectivity index (χ4v) is 3.08. The first-order valence-electron chi connectivity index (χ1n) is 7.15. The number of nitrogens with one attached hydrogen (secondary N) is 1. The molecular formula is C18H20FNOS. The van der Waals surface area contributed by atoms with E-state index in [9.17, 15) is 9.18 Å². The van der Waals surface area contributed by atoms with Gasteiger partial charge in [0.15, 0.2) is 0 Å². The van der Waals surface area contributed by atoms with Crippen LogP contribution in [0.3, 0.4) is 0 Å². The van der Waals surface area contributed by atoms with Crippen molar-refractivity contribution >= 4 is 23.4 Å². The van der Waals surface area contributed by atoms with Gasteiger partial charge in [-0.05, 0) is 44.0 Å². The Morgan fingerprint density at radius 1 is 1.05 bits per heavy atom. The lowest BCUT2D eigenvalue weighted by molar-refractivity contribution is -0.113. The van der Waals surface area contributed by atoms with Crippen LogP contribution in [0.2, 0.25) is 0 Å². The maximum Gasteiger partial charge on any atom is 0.234 e. The molecule has 0 heterocycles. The van der Waals surface area contributed by atoms with Crippen molar-refractivity contribution in [3.63, 3.8) is 0 Å². The molecule has 0 bridgehead atoms. The fraction of sp³-hybridized carbons (Fsp3) is 0.278. The zero-order chi connectivity index (χ0) is 16.1. The maximum absolute atomic E-state index is 13.7. The highest BCUT2D eigenvalue weighted by Crippen LogP contribution is 2.18. The molecule has 0 spiro atoms. The Morgan fingerprint density at radius 2 is 1.73 bits per heavy atom. The second-order valence-electron chi connectivity index (χ2n) is 5.52. The first-order valence-corrected chi connectivity index (χ1v) is 8.30. The molecule has 0 aliphatic heterocycles. The first-order chi connectivity index (χ1) is 10.4. The van der Waals surface area contributed by atoms with Crippen LogP contribution in [-0.4, -0.2) is 11.7 Å². The summed E-state index contributed by atoms with van der Waals surface area (Å²) in [6.07, 6.45) is 0. The molecular weight excluding hydrogens is 297 g/mol. The quantitative estimate of drug-likeness (QED) is 0.871. The van der Waals surface area contributed by atoms with Crippen molar-refractivity contribution in [3.8, 4) is 0 Å². The van der Waals surface area contributed by atoms with Gasteiger partial charge in [0, 0.05) is 5.75 Å². The normalized spacial score (nSPS) is 10.5. The van der Waals surface area contributed by atoms with Gasteiger partial charge in [0.1, 0.15) is 5.82 Å². The van der Waals surface area contributed by atoms with Crippen LogP contribution in [0.25, 0.3) is 0 Å². The molecule has 116 valence electrons. The Kier molecular flexibility index (Phi) is 5.61. The van der Waals surface area contributed by atoms with E-state index in [-0.39, 0.29) is 11.6 Å². The molecule has 1 N–H and O–H groups in total. The molecule has 1 amide bonds. The topological polar surface area (TPSA) is 29.1 Å². The summed E-state index contributed by atoms with van der Waals surface area (Å²) in [7, 11) is 0. The Labute approximate surface area is 135 Å². The molecule has 0 aromatic heterocycles. The number of halogens is 1. The van der Waals surface area contributed by atoms with Crippen molar-refractivity contribution in [2.24, 2.45) is 0 Å². The smallest absolute Gasteiger partial charge is 0.234 e. The van der Waals surface area contributed by atoms with Crippen LogP contribution in [0.15, 0.2) is 36.4 Å². The highest BCUT2D eigenvalue weighted by molar-refractivity contribution is 7.99. The van der Waals surface area contributed by atoms with Crippen LogP contribution in [0.1, 0.15) is 22.3 Å². The van der Waals surface area contributed by atoms with E-state index in [4.69, 9.17) is 0 Å². The second kappa shape index (κ2) is 7.45. The molecule has 0 aliphatic carbocycles. The first kappa shape index (κ1) is 16.6. The van der Waals surface area contributed by atoms with Crippen molar-refractivity contribution in [1.29, 1.82) is 0 Å². The molecule has 2 aromatic carbocycles. The minimum atomic E-state index is -0.396. The van der Waals surface area contributed by atoms with Crippen LogP contribution in [0, 0.1) is 26.6 Å². The lowest BCUT2D eigenvalue weighted by Crippen LogP contribution is -2.15. The Morgan fingerprint density at radius 3 is 2.36 bits per heavy atom. The van der Waals surface area contributed by atoms with Crippen LogP contribution in [-0.2, 0) is 10.5 Å². The number of amides is 1. The van der Waals surface area contributed by atoms with Gasteiger partial charge in [-0.2, -0.15) is 0 Å². The number of thioether (sulfide) groups is 1. The highest BCUT2D eigenvalue weighted by atomic mass is 32.2. The average Bonchev–Trinajstić information content (AvgIpc) is 2.41. The van der Waals surface area contributed by atoms with Crippen LogP contribution in [0.4, 0.5) is 10.1 Å². The van der Waals surface area contributed by atoms with Gasteiger partial charge in [-0.25, -0.2) is 4.39 Å². The van der Waals surface area contributed by atoms with E-state index in [0.717, 1.165) is 11.3 Å². The number of hydrogen-bond acceptors (Lipinski definition) is 2. The minimum Gasteiger partial charge on any atom is -0.323 e. The average molecular weight is 317 g/mol. The molecule has 4 heteroatoms. The lowest BCUT2D eigenvalue weighted by atomic mass is 10.1. The van der Waals surface area contributed by atoms with Crippen LogP contribution in [0.5, 0.6) is 0 Å². The number of rotatable bonds is 5. The fourth-order valence-electron chi connectivity index (χ4n) is 2.32. The van der Waals surface area contributed by atoms with E-state index < -0.39 is 5.82 Å². The molecule has 2 rings (SSSR count). The maximum atomic E-state index is 13.7. The number of benzene rings is 2. The SMILES string of the molecule is Cc1cc(C)cc(CSCC(=O)Nc2ccc(C)cc2F)c1. The molecule has 0 saturated carbocycles. The highest BCUT2D eigenvalue weighted by Gasteiger charge is 2.07. The van der Waals surface area contributed by atoms with E-state index in [1.54, 1.807) is 12.1 Å². The summed E-state index contributed by atoms with van der Waals surface area (Å²) in [6.45, 7) is 5.94. The Hall–Kier alpha value is -1.81. The van der Waals surface area contributed by atoms with Crippen LogP contribution >= 0.6 is 11.8 Å². The predicted octanol–water partition coefficient (Wildman–Crippen LogP) is 4.62. The summed E-state index contributed by atoms with van der Waals surface area (Å²) in [5.74, 6) is 0.497. The molecule has 2 nitrogen and oxygen atoms in total. The van der Waals surface area contributed by atoms with Gasteiger partial charge < -0.3 is 5.32 Å². The van der Waals surface area contributed by atoms with Gasteiger partial charge in [-0.3, -0.25) is 4.79 Å². The zero-order valence-electron chi connectivity index (χ0n) is 13.1.